The van der Waals surface area contributed by atoms with Gasteiger partial charge in [0, 0.05) is 36.2 Å². The van der Waals surface area contributed by atoms with Gasteiger partial charge in [0.15, 0.2) is 5.82 Å². The highest BCUT2D eigenvalue weighted by atomic mass is 79.9. The Balaban J connectivity index is 2.26. The fourth-order valence-electron chi connectivity index (χ4n) is 2.26. The second kappa shape index (κ2) is 5.53. The third-order valence-electron chi connectivity index (χ3n) is 3.31. The quantitative estimate of drug-likeness (QED) is 0.901. The molecule has 2 rings (SSSR count). The molecule has 2 nitrogen and oxygen atoms in total. The second-order valence-corrected chi connectivity index (χ2v) is 5.82. The molecule has 100 valence electrons. The van der Waals surface area contributed by atoms with Gasteiger partial charge in [0.1, 0.15) is 5.82 Å². The smallest absolute Gasteiger partial charge is 0.150 e. The van der Waals surface area contributed by atoms with Crippen molar-refractivity contribution in [1.82, 2.24) is 5.32 Å². The molecule has 5 heteroatoms. The predicted molar refractivity (Wildman–Crippen MR) is 72.9 cm³/mol. The molecule has 0 spiro atoms. The van der Waals surface area contributed by atoms with E-state index >= 15 is 0 Å². The van der Waals surface area contributed by atoms with Crippen molar-refractivity contribution >= 4 is 21.6 Å². The molecule has 1 aromatic rings. The van der Waals surface area contributed by atoms with Crippen LogP contribution in [-0.4, -0.2) is 25.7 Å². The largest absolute Gasteiger partial charge is 0.365 e. The van der Waals surface area contributed by atoms with Crippen LogP contribution in [0.3, 0.4) is 0 Å². The fourth-order valence-corrected chi connectivity index (χ4v) is 2.92. The molecule has 0 radical (unpaired) electrons. The maximum absolute atomic E-state index is 13.9. The average molecular weight is 319 g/mol. The Kier molecular flexibility index (Phi) is 4.22. The van der Waals surface area contributed by atoms with Crippen molar-refractivity contribution in [2.75, 3.05) is 24.5 Å². The summed E-state index contributed by atoms with van der Waals surface area (Å²) in [5.41, 5.74) is 0.462. The number of hydrogen-bond acceptors (Lipinski definition) is 2. The first-order valence-electron chi connectivity index (χ1n) is 6.12. The molecule has 0 bridgehead atoms. The van der Waals surface area contributed by atoms with Crippen molar-refractivity contribution in [2.45, 2.75) is 19.9 Å². The van der Waals surface area contributed by atoms with E-state index in [2.05, 4.69) is 35.1 Å². The summed E-state index contributed by atoms with van der Waals surface area (Å²) in [5.74, 6) is -0.583. The van der Waals surface area contributed by atoms with E-state index in [4.69, 9.17) is 0 Å². The maximum atomic E-state index is 13.9. The monoisotopic (exact) mass is 318 g/mol. The number of benzene rings is 1. The van der Waals surface area contributed by atoms with Gasteiger partial charge in [-0.3, -0.25) is 0 Å². The second-order valence-electron chi connectivity index (χ2n) is 4.97. The Morgan fingerprint density at radius 2 is 2.11 bits per heavy atom. The third-order valence-corrected chi connectivity index (χ3v) is 3.91. The first-order chi connectivity index (χ1) is 8.49. The summed E-state index contributed by atoms with van der Waals surface area (Å²) in [7, 11) is 0. The van der Waals surface area contributed by atoms with Crippen LogP contribution in [0.4, 0.5) is 14.5 Å². The van der Waals surface area contributed by atoms with Gasteiger partial charge in [0.2, 0.25) is 0 Å². The molecule has 1 atom stereocenters. The first-order valence-corrected chi connectivity index (χ1v) is 6.91. The zero-order chi connectivity index (χ0) is 13.3. The molecule has 1 saturated heterocycles. The van der Waals surface area contributed by atoms with Crippen LogP contribution in [0, 0.1) is 17.6 Å². The van der Waals surface area contributed by atoms with Crippen molar-refractivity contribution in [2.24, 2.45) is 5.92 Å². The van der Waals surface area contributed by atoms with E-state index in [1.165, 1.54) is 6.07 Å². The van der Waals surface area contributed by atoms with Crippen molar-refractivity contribution in [3.63, 3.8) is 0 Å². The third kappa shape index (κ3) is 2.83. The van der Waals surface area contributed by atoms with Crippen LogP contribution in [-0.2, 0) is 0 Å². The molecule has 0 aliphatic carbocycles. The molecule has 1 aromatic carbocycles. The van der Waals surface area contributed by atoms with Crippen LogP contribution in [0.1, 0.15) is 13.8 Å². The molecular weight excluding hydrogens is 302 g/mol. The van der Waals surface area contributed by atoms with E-state index < -0.39 is 11.6 Å². The minimum absolute atomic E-state index is 0.329. The van der Waals surface area contributed by atoms with Gasteiger partial charge >= 0.3 is 0 Å². The maximum Gasteiger partial charge on any atom is 0.150 e. The summed E-state index contributed by atoms with van der Waals surface area (Å²) in [6.45, 7) is 6.55. The van der Waals surface area contributed by atoms with Gasteiger partial charge in [-0.25, -0.2) is 8.78 Å². The molecule has 0 aromatic heterocycles. The number of hydrogen-bond donors (Lipinski definition) is 1. The average Bonchev–Trinajstić information content (AvgIpc) is 2.28. The number of halogens is 3. The van der Waals surface area contributed by atoms with Gasteiger partial charge in [-0.15, -0.1) is 0 Å². The fraction of sp³-hybridized carbons (Fsp3) is 0.538. The molecule has 18 heavy (non-hydrogen) atoms. The minimum atomic E-state index is -0.557. The lowest BCUT2D eigenvalue weighted by Gasteiger charge is -2.37. The van der Waals surface area contributed by atoms with E-state index in [1.54, 1.807) is 0 Å². The topological polar surface area (TPSA) is 15.3 Å². The molecule has 0 saturated carbocycles. The number of piperazine rings is 1. The summed E-state index contributed by atoms with van der Waals surface area (Å²) >= 11 is 3.25. The van der Waals surface area contributed by atoms with E-state index in [1.807, 2.05) is 4.90 Å². The highest BCUT2D eigenvalue weighted by Crippen LogP contribution is 2.31. The normalized spacial score (nSPS) is 20.6. The number of nitrogens with one attached hydrogen (secondary N) is 1. The molecular formula is C13H17BrF2N2. The zero-order valence-corrected chi connectivity index (χ0v) is 12.1. The van der Waals surface area contributed by atoms with Gasteiger partial charge in [-0.2, -0.15) is 0 Å². The number of anilines is 1. The lowest BCUT2D eigenvalue weighted by molar-refractivity contribution is 0.366. The van der Waals surface area contributed by atoms with Crippen LogP contribution >= 0.6 is 15.9 Å². The van der Waals surface area contributed by atoms with Crippen molar-refractivity contribution in [1.29, 1.82) is 0 Å². The standard InChI is InChI=1S/C13H17BrF2N2/c1-8(2)12-7-18(4-3-17-12)13-10(14)5-9(15)6-11(13)16/h5-6,8,12,17H,3-4,7H2,1-2H3. The van der Waals surface area contributed by atoms with Gasteiger partial charge in [-0.1, -0.05) is 13.8 Å². The van der Waals surface area contributed by atoms with Crippen LogP contribution in [0.25, 0.3) is 0 Å². The predicted octanol–water partition coefficient (Wildman–Crippen LogP) is 3.16. The Morgan fingerprint density at radius 3 is 2.72 bits per heavy atom. The van der Waals surface area contributed by atoms with Gasteiger partial charge in [-0.05, 0) is 27.9 Å². The van der Waals surface area contributed by atoms with Gasteiger partial charge in [0.25, 0.3) is 0 Å². The summed E-state index contributed by atoms with van der Waals surface area (Å²) < 4.78 is 27.4. The number of nitrogens with zero attached hydrogens (tertiary/aromatic N) is 1. The Bertz CT molecular complexity index is 414. The lowest BCUT2D eigenvalue weighted by Crippen LogP contribution is -2.53. The van der Waals surface area contributed by atoms with E-state index in [-0.39, 0.29) is 0 Å². The van der Waals surface area contributed by atoms with Crippen LogP contribution < -0.4 is 10.2 Å². The van der Waals surface area contributed by atoms with Crippen LogP contribution in [0.2, 0.25) is 0 Å². The van der Waals surface area contributed by atoms with Crippen molar-refractivity contribution in [3.8, 4) is 0 Å². The van der Waals surface area contributed by atoms with Crippen molar-refractivity contribution in [3.05, 3.63) is 28.2 Å². The highest BCUT2D eigenvalue weighted by molar-refractivity contribution is 9.10. The summed E-state index contributed by atoms with van der Waals surface area (Å²) in [6.07, 6.45) is 0. The van der Waals surface area contributed by atoms with E-state index in [0.29, 0.717) is 22.1 Å². The molecule has 1 N–H and O–H groups in total. The molecule has 1 aliphatic heterocycles. The Hall–Kier alpha value is -0.680. The first kappa shape index (κ1) is 13.7. The minimum Gasteiger partial charge on any atom is -0.365 e. The van der Waals surface area contributed by atoms with Crippen molar-refractivity contribution < 1.29 is 8.78 Å². The van der Waals surface area contributed by atoms with Gasteiger partial charge < -0.3 is 10.2 Å². The molecule has 1 fully saturated rings. The van der Waals surface area contributed by atoms with E-state index in [9.17, 15) is 8.78 Å². The zero-order valence-electron chi connectivity index (χ0n) is 10.5. The molecule has 1 aliphatic rings. The summed E-state index contributed by atoms with van der Waals surface area (Å²) in [6, 6.07) is 2.58. The Morgan fingerprint density at radius 1 is 1.39 bits per heavy atom. The molecule has 1 unspecified atom stereocenters. The summed E-state index contributed by atoms with van der Waals surface area (Å²) in [5, 5.41) is 3.42. The Labute approximate surface area is 114 Å². The lowest BCUT2D eigenvalue weighted by atomic mass is 10.0. The summed E-state index contributed by atoms with van der Waals surface area (Å²) in [4.78, 5) is 1.97. The number of rotatable bonds is 2. The van der Waals surface area contributed by atoms with Crippen LogP contribution in [0.15, 0.2) is 16.6 Å². The van der Waals surface area contributed by atoms with E-state index in [0.717, 1.165) is 25.7 Å². The van der Waals surface area contributed by atoms with Crippen LogP contribution in [0.5, 0.6) is 0 Å². The van der Waals surface area contributed by atoms with Gasteiger partial charge in [0.05, 0.1) is 5.69 Å². The SMILES string of the molecule is CC(C)C1CN(c2c(F)cc(F)cc2Br)CCN1. The molecule has 0 amide bonds. The highest BCUT2D eigenvalue weighted by Gasteiger charge is 2.25. The molecule has 1 heterocycles.